The number of carbonyl (C=O) groups is 1. The summed E-state index contributed by atoms with van der Waals surface area (Å²) in [6.45, 7) is 1.03. The molecule has 0 saturated carbocycles. The number of carbonyl (C=O) groups excluding carboxylic acids is 1. The van der Waals surface area contributed by atoms with E-state index >= 15 is 0 Å². The van der Waals surface area contributed by atoms with Crippen molar-refractivity contribution in [2.24, 2.45) is 0 Å². The van der Waals surface area contributed by atoms with E-state index < -0.39 is 0 Å². The lowest BCUT2D eigenvalue weighted by Crippen LogP contribution is -2.12. The Morgan fingerprint density at radius 1 is 1.00 bits per heavy atom. The molecule has 0 amide bonds. The molecule has 18 heavy (non-hydrogen) atoms. The van der Waals surface area contributed by atoms with Crippen LogP contribution >= 0.6 is 0 Å². The van der Waals surface area contributed by atoms with Gasteiger partial charge in [-0.15, -0.1) is 0 Å². The van der Waals surface area contributed by atoms with Gasteiger partial charge < -0.3 is 5.32 Å². The summed E-state index contributed by atoms with van der Waals surface area (Å²) in [5.74, 6) is 0. The van der Waals surface area contributed by atoms with Gasteiger partial charge in [-0.3, -0.25) is 4.79 Å². The molecule has 2 heteroatoms. The standard InChI is InChI=1S/C16H15NO/c18-11-12-5-1-2-6-13(12)14-7-3-9-16-15(14)8-4-10-17-16/h1-3,5-7,9,11,17H,4,8,10H2. The molecule has 0 radical (unpaired) electrons. The molecule has 0 unspecified atom stereocenters. The number of fused-ring (bicyclic) bond motifs is 1. The van der Waals surface area contributed by atoms with Gasteiger partial charge in [-0.25, -0.2) is 0 Å². The summed E-state index contributed by atoms with van der Waals surface area (Å²) in [7, 11) is 0. The lowest BCUT2D eigenvalue weighted by molar-refractivity contribution is 0.112. The van der Waals surface area contributed by atoms with E-state index in [4.69, 9.17) is 0 Å². The molecule has 1 N–H and O–H groups in total. The van der Waals surface area contributed by atoms with Crippen LogP contribution in [0.25, 0.3) is 11.1 Å². The Morgan fingerprint density at radius 2 is 1.83 bits per heavy atom. The van der Waals surface area contributed by atoms with Crippen LogP contribution in [0, 0.1) is 0 Å². The minimum Gasteiger partial charge on any atom is -0.385 e. The van der Waals surface area contributed by atoms with Gasteiger partial charge in [0.15, 0.2) is 6.29 Å². The van der Waals surface area contributed by atoms with E-state index in [1.807, 2.05) is 30.3 Å². The Hall–Kier alpha value is -2.09. The lowest BCUT2D eigenvalue weighted by atomic mass is 9.91. The second-order valence-corrected chi connectivity index (χ2v) is 4.57. The molecule has 0 atom stereocenters. The number of nitrogens with one attached hydrogen (secondary N) is 1. The highest BCUT2D eigenvalue weighted by Gasteiger charge is 2.14. The van der Waals surface area contributed by atoms with Gasteiger partial charge in [0.1, 0.15) is 0 Å². The number of aldehydes is 1. The molecule has 1 aliphatic rings. The van der Waals surface area contributed by atoms with Crippen LogP contribution in [0.5, 0.6) is 0 Å². The van der Waals surface area contributed by atoms with Crippen LogP contribution in [0.1, 0.15) is 22.3 Å². The van der Waals surface area contributed by atoms with Crippen molar-refractivity contribution in [2.75, 3.05) is 11.9 Å². The topological polar surface area (TPSA) is 29.1 Å². The average Bonchev–Trinajstić information content (AvgIpc) is 2.46. The molecule has 3 rings (SSSR count). The maximum Gasteiger partial charge on any atom is 0.150 e. The van der Waals surface area contributed by atoms with Crippen molar-refractivity contribution in [3.05, 3.63) is 53.6 Å². The second-order valence-electron chi connectivity index (χ2n) is 4.57. The van der Waals surface area contributed by atoms with Gasteiger partial charge in [0.25, 0.3) is 0 Å². The van der Waals surface area contributed by atoms with Crippen molar-refractivity contribution in [3.8, 4) is 11.1 Å². The third-order valence-electron chi connectivity index (χ3n) is 3.47. The van der Waals surface area contributed by atoms with E-state index in [2.05, 4.69) is 17.4 Å². The maximum atomic E-state index is 11.2. The Bertz CT molecular complexity index is 589. The molecule has 0 fully saturated rings. The van der Waals surface area contributed by atoms with Crippen molar-refractivity contribution < 1.29 is 4.79 Å². The molecule has 2 nitrogen and oxygen atoms in total. The molecular formula is C16H15NO. The minimum absolute atomic E-state index is 0.761. The summed E-state index contributed by atoms with van der Waals surface area (Å²) in [6.07, 6.45) is 3.16. The van der Waals surface area contributed by atoms with Gasteiger partial charge >= 0.3 is 0 Å². The average molecular weight is 237 g/mol. The molecule has 2 aromatic rings. The molecule has 0 aliphatic carbocycles. The first-order valence-corrected chi connectivity index (χ1v) is 6.30. The Kier molecular flexibility index (Phi) is 2.85. The summed E-state index contributed by atoms with van der Waals surface area (Å²) in [4.78, 5) is 11.2. The highest BCUT2D eigenvalue weighted by Crippen LogP contribution is 2.33. The third kappa shape index (κ3) is 1.80. The van der Waals surface area contributed by atoms with Crippen LogP contribution in [-0.4, -0.2) is 12.8 Å². The van der Waals surface area contributed by atoms with Crippen LogP contribution < -0.4 is 5.32 Å². The van der Waals surface area contributed by atoms with Gasteiger partial charge in [0.2, 0.25) is 0 Å². The molecule has 2 aromatic carbocycles. The molecule has 0 aromatic heterocycles. The molecular weight excluding hydrogens is 222 g/mol. The minimum atomic E-state index is 0.761. The highest BCUT2D eigenvalue weighted by molar-refractivity contribution is 5.89. The number of anilines is 1. The summed E-state index contributed by atoms with van der Waals surface area (Å²) < 4.78 is 0. The van der Waals surface area contributed by atoms with Crippen LogP contribution in [0.3, 0.4) is 0 Å². The first kappa shape index (κ1) is 11.0. The largest absolute Gasteiger partial charge is 0.385 e. The van der Waals surface area contributed by atoms with Crippen molar-refractivity contribution in [3.63, 3.8) is 0 Å². The Morgan fingerprint density at radius 3 is 2.72 bits per heavy atom. The first-order chi connectivity index (χ1) is 8.90. The fraction of sp³-hybridized carbons (Fsp3) is 0.188. The van der Waals surface area contributed by atoms with Crippen LogP contribution in [-0.2, 0) is 6.42 Å². The zero-order valence-corrected chi connectivity index (χ0v) is 10.1. The Balaban J connectivity index is 2.20. The van der Waals surface area contributed by atoms with E-state index in [1.54, 1.807) is 0 Å². The van der Waals surface area contributed by atoms with Gasteiger partial charge in [-0.1, -0.05) is 36.4 Å². The Labute approximate surface area is 107 Å². The molecule has 1 aliphatic heterocycles. The van der Waals surface area contributed by atoms with Crippen LogP contribution in [0.4, 0.5) is 5.69 Å². The van der Waals surface area contributed by atoms with E-state index in [0.29, 0.717) is 0 Å². The number of rotatable bonds is 2. The smallest absolute Gasteiger partial charge is 0.150 e. The third-order valence-corrected chi connectivity index (χ3v) is 3.47. The summed E-state index contributed by atoms with van der Waals surface area (Å²) >= 11 is 0. The second kappa shape index (κ2) is 4.65. The van der Waals surface area contributed by atoms with Crippen molar-refractivity contribution in [1.82, 2.24) is 0 Å². The van der Waals surface area contributed by atoms with Gasteiger partial charge in [0.05, 0.1) is 0 Å². The molecule has 0 bridgehead atoms. The predicted octanol–water partition coefficient (Wildman–Crippen LogP) is 3.52. The SMILES string of the molecule is O=Cc1ccccc1-c1cccc2c1CCCN2. The van der Waals surface area contributed by atoms with Crippen LogP contribution in [0.2, 0.25) is 0 Å². The summed E-state index contributed by atoms with van der Waals surface area (Å²) in [5.41, 5.74) is 5.52. The fourth-order valence-electron chi connectivity index (χ4n) is 2.61. The fourth-order valence-corrected chi connectivity index (χ4v) is 2.61. The van der Waals surface area contributed by atoms with Crippen molar-refractivity contribution in [2.45, 2.75) is 12.8 Å². The lowest BCUT2D eigenvalue weighted by Gasteiger charge is -2.21. The highest BCUT2D eigenvalue weighted by atomic mass is 16.1. The number of hydrogen-bond donors (Lipinski definition) is 1. The van der Waals surface area contributed by atoms with Crippen molar-refractivity contribution in [1.29, 1.82) is 0 Å². The molecule has 1 heterocycles. The zero-order chi connectivity index (χ0) is 12.4. The molecule has 0 saturated heterocycles. The van der Waals surface area contributed by atoms with Gasteiger partial charge in [0, 0.05) is 17.8 Å². The van der Waals surface area contributed by atoms with E-state index in [0.717, 1.165) is 36.8 Å². The number of benzene rings is 2. The van der Waals surface area contributed by atoms with E-state index in [9.17, 15) is 4.79 Å². The van der Waals surface area contributed by atoms with E-state index in [-0.39, 0.29) is 0 Å². The zero-order valence-electron chi connectivity index (χ0n) is 10.1. The van der Waals surface area contributed by atoms with Gasteiger partial charge in [-0.2, -0.15) is 0 Å². The summed E-state index contributed by atoms with van der Waals surface area (Å²) in [6, 6.07) is 14.1. The number of hydrogen-bond acceptors (Lipinski definition) is 2. The normalized spacial score (nSPS) is 13.6. The monoisotopic (exact) mass is 237 g/mol. The van der Waals surface area contributed by atoms with Crippen LogP contribution in [0.15, 0.2) is 42.5 Å². The predicted molar refractivity (Wildman–Crippen MR) is 74.1 cm³/mol. The van der Waals surface area contributed by atoms with Gasteiger partial charge in [-0.05, 0) is 35.6 Å². The first-order valence-electron chi connectivity index (χ1n) is 6.30. The summed E-state index contributed by atoms with van der Waals surface area (Å²) in [5, 5.41) is 3.42. The quantitative estimate of drug-likeness (QED) is 0.810. The van der Waals surface area contributed by atoms with Crippen molar-refractivity contribution >= 4 is 12.0 Å². The maximum absolute atomic E-state index is 11.2. The molecule has 0 spiro atoms. The van der Waals surface area contributed by atoms with E-state index in [1.165, 1.54) is 16.8 Å². The molecule has 90 valence electrons.